The van der Waals surface area contributed by atoms with Crippen LogP contribution in [-0.4, -0.2) is 52.4 Å². The number of carbonyl (C=O) groups is 3. The summed E-state index contributed by atoms with van der Waals surface area (Å²) < 4.78 is 35.6. The van der Waals surface area contributed by atoms with Gasteiger partial charge >= 0.3 is 17.9 Å². The van der Waals surface area contributed by atoms with Crippen molar-refractivity contribution < 1.29 is 37.7 Å². The molecule has 132 valence electrons. The third-order valence-corrected chi connectivity index (χ3v) is 3.24. The van der Waals surface area contributed by atoms with E-state index in [1.165, 1.54) is 26.2 Å². The fourth-order valence-electron chi connectivity index (χ4n) is 2.40. The van der Waals surface area contributed by atoms with Crippen LogP contribution in [0.3, 0.4) is 0 Å². The van der Waals surface area contributed by atoms with Crippen LogP contribution < -0.4 is 0 Å². The molecule has 0 saturated carbocycles. The summed E-state index contributed by atoms with van der Waals surface area (Å²) in [6.45, 7) is 3.27. The quantitative estimate of drug-likeness (QED) is 0.556. The van der Waals surface area contributed by atoms with Gasteiger partial charge in [-0.1, -0.05) is 0 Å². The van der Waals surface area contributed by atoms with Crippen LogP contribution in [0.25, 0.3) is 0 Å². The molecule has 1 aliphatic rings. The Hall–Kier alpha value is -2.49. The van der Waals surface area contributed by atoms with Crippen molar-refractivity contribution in [3.8, 4) is 0 Å². The molecule has 0 aromatic carbocycles. The second-order valence-electron chi connectivity index (χ2n) is 5.12. The molecule has 4 unspecified atom stereocenters. The summed E-state index contributed by atoms with van der Waals surface area (Å²) in [5, 5.41) is 0. The Labute approximate surface area is 136 Å². The number of esters is 3. The summed E-state index contributed by atoms with van der Waals surface area (Å²) in [5.41, 5.74) is 0. The number of halogens is 1. The van der Waals surface area contributed by atoms with E-state index >= 15 is 0 Å². The third kappa shape index (κ3) is 4.07. The molecule has 2 rings (SSSR count). The van der Waals surface area contributed by atoms with Gasteiger partial charge in [0.2, 0.25) is 0 Å². The van der Waals surface area contributed by atoms with Crippen molar-refractivity contribution in [2.75, 3.05) is 6.61 Å². The minimum Gasteiger partial charge on any atom is -0.463 e. The van der Waals surface area contributed by atoms with E-state index in [4.69, 9.17) is 18.9 Å². The summed E-state index contributed by atoms with van der Waals surface area (Å²) >= 11 is 0. The molecule has 0 bridgehead atoms. The lowest BCUT2D eigenvalue weighted by Gasteiger charge is -2.23. The maximum Gasteiger partial charge on any atom is 0.303 e. The zero-order chi connectivity index (χ0) is 17.9. The standard InChI is InChI=1S/C14H17FN2O7/c1-7(18)21-6-10-11(22-8(2)19)12(23-9(3)20)13(24-10)17-5-4-16-14(17)15/h4-5,10-13H,6H2,1-3H3. The number of carbonyl (C=O) groups excluding carboxylic acids is 3. The van der Waals surface area contributed by atoms with Crippen molar-refractivity contribution in [1.82, 2.24) is 9.55 Å². The molecule has 0 amide bonds. The monoisotopic (exact) mass is 344 g/mol. The van der Waals surface area contributed by atoms with Crippen molar-refractivity contribution in [2.45, 2.75) is 45.3 Å². The highest BCUT2D eigenvalue weighted by Crippen LogP contribution is 2.34. The molecular weight excluding hydrogens is 327 g/mol. The van der Waals surface area contributed by atoms with Crippen molar-refractivity contribution in [1.29, 1.82) is 0 Å². The van der Waals surface area contributed by atoms with E-state index in [0.29, 0.717) is 0 Å². The zero-order valence-electron chi connectivity index (χ0n) is 13.3. The average molecular weight is 344 g/mol. The van der Waals surface area contributed by atoms with E-state index in [1.807, 2.05) is 0 Å². The van der Waals surface area contributed by atoms with Gasteiger partial charge in [-0.15, -0.1) is 0 Å². The summed E-state index contributed by atoms with van der Waals surface area (Å²) in [6.07, 6.45) is -2.64. The van der Waals surface area contributed by atoms with E-state index < -0.39 is 48.5 Å². The number of aromatic nitrogens is 2. The predicted molar refractivity (Wildman–Crippen MR) is 73.8 cm³/mol. The van der Waals surface area contributed by atoms with Crippen LogP contribution in [0.4, 0.5) is 4.39 Å². The summed E-state index contributed by atoms with van der Waals surface area (Å²) in [5.74, 6) is -1.89. The molecule has 1 aromatic heterocycles. The molecule has 2 heterocycles. The number of imidazole rings is 1. The topological polar surface area (TPSA) is 106 Å². The highest BCUT2D eigenvalue weighted by atomic mass is 19.1. The molecule has 0 spiro atoms. The maximum atomic E-state index is 13.8. The number of hydrogen-bond acceptors (Lipinski definition) is 8. The van der Waals surface area contributed by atoms with Gasteiger partial charge in [-0.05, 0) is 0 Å². The number of hydrogen-bond donors (Lipinski definition) is 0. The van der Waals surface area contributed by atoms with Crippen LogP contribution in [-0.2, 0) is 33.3 Å². The van der Waals surface area contributed by atoms with Crippen LogP contribution in [0.2, 0.25) is 0 Å². The first-order valence-corrected chi connectivity index (χ1v) is 7.11. The first kappa shape index (κ1) is 17.9. The van der Waals surface area contributed by atoms with Crippen molar-refractivity contribution in [3.05, 3.63) is 18.5 Å². The Morgan fingerprint density at radius 3 is 2.29 bits per heavy atom. The van der Waals surface area contributed by atoms with Gasteiger partial charge in [0.05, 0.1) is 0 Å². The van der Waals surface area contributed by atoms with Gasteiger partial charge < -0.3 is 18.9 Å². The molecular formula is C14H17FN2O7. The van der Waals surface area contributed by atoms with E-state index in [9.17, 15) is 18.8 Å². The Bertz CT molecular complexity index is 632. The Morgan fingerprint density at radius 1 is 1.17 bits per heavy atom. The number of nitrogens with zero attached hydrogens (tertiary/aromatic N) is 2. The van der Waals surface area contributed by atoms with Gasteiger partial charge in [0.25, 0.3) is 6.08 Å². The lowest BCUT2D eigenvalue weighted by Crippen LogP contribution is -2.40. The van der Waals surface area contributed by atoms with Crippen molar-refractivity contribution >= 4 is 17.9 Å². The van der Waals surface area contributed by atoms with Gasteiger partial charge in [-0.25, -0.2) is 4.98 Å². The molecule has 0 N–H and O–H groups in total. The normalized spacial score (nSPS) is 26.0. The summed E-state index contributed by atoms with van der Waals surface area (Å²) in [4.78, 5) is 37.2. The molecule has 0 radical (unpaired) electrons. The minimum atomic E-state index is -1.13. The average Bonchev–Trinajstić information content (AvgIpc) is 3.01. The van der Waals surface area contributed by atoms with E-state index in [2.05, 4.69) is 4.98 Å². The van der Waals surface area contributed by atoms with Crippen LogP contribution >= 0.6 is 0 Å². The van der Waals surface area contributed by atoms with Gasteiger partial charge in [0.15, 0.2) is 18.4 Å². The second kappa shape index (κ2) is 7.39. The Morgan fingerprint density at radius 2 is 1.79 bits per heavy atom. The van der Waals surface area contributed by atoms with E-state index in [-0.39, 0.29) is 6.61 Å². The van der Waals surface area contributed by atoms with Crippen LogP contribution in [0, 0.1) is 6.08 Å². The maximum absolute atomic E-state index is 13.8. The fourth-order valence-corrected chi connectivity index (χ4v) is 2.40. The van der Waals surface area contributed by atoms with E-state index in [0.717, 1.165) is 11.5 Å². The number of rotatable bonds is 5. The van der Waals surface area contributed by atoms with Gasteiger partial charge in [-0.2, -0.15) is 4.39 Å². The molecule has 1 aliphatic heterocycles. The largest absolute Gasteiger partial charge is 0.463 e. The Balaban J connectivity index is 2.31. The SMILES string of the molecule is CC(=O)OCC1OC(n2ccnc2F)C(OC(C)=O)C1OC(C)=O. The lowest BCUT2D eigenvalue weighted by molar-refractivity contribution is -0.166. The van der Waals surface area contributed by atoms with Crippen LogP contribution in [0.15, 0.2) is 12.4 Å². The third-order valence-electron chi connectivity index (χ3n) is 3.24. The first-order valence-electron chi connectivity index (χ1n) is 7.11. The molecule has 1 saturated heterocycles. The van der Waals surface area contributed by atoms with Crippen molar-refractivity contribution in [2.24, 2.45) is 0 Å². The van der Waals surface area contributed by atoms with Gasteiger partial charge in [-0.3, -0.25) is 19.0 Å². The highest BCUT2D eigenvalue weighted by Gasteiger charge is 2.51. The summed E-state index contributed by atoms with van der Waals surface area (Å²) in [6, 6.07) is 0. The molecule has 24 heavy (non-hydrogen) atoms. The van der Waals surface area contributed by atoms with E-state index in [1.54, 1.807) is 0 Å². The lowest BCUT2D eigenvalue weighted by atomic mass is 10.1. The molecule has 1 aromatic rings. The van der Waals surface area contributed by atoms with Crippen molar-refractivity contribution in [3.63, 3.8) is 0 Å². The molecule has 10 heteroatoms. The number of ether oxygens (including phenoxy) is 4. The van der Waals surface area contributed by atoms with Gasteiger partial charge in [0, 0.05) is 33.2 Å². The first-order chi connectivity index (χ1) is 11.3. The smallest absolute Gasteiger partial charge is 0.303 e. The summed E-state index contributed by atoms with van der Waals surface area (Å²) in [7, 11) is 0. The van der Waals surface area contributed by atoms with Crippen LogP contribution in [0.5, 0.6) is 0 Å². The zero-order valence-corrected chi connectivity index (χ0v) is 13.3. The van der Waals surface area contributed by atoms with Gasteiger partial charge in [0.1, 0.15) is 12.7 Å². The molecule has 0 aliphatic carbocycles. The minimum absolute atomic E-state index is 0.252. The highest BCUT2D eigenvalue weighted by molar-refractivity contribution is 5.67. The molecule has 1 fully saturated rings. The predicted octanol–water partition coefficient (Wildman–Crippen LogP) is 0.346. The second-order valence-corrected chi connectivity index (χ2v) is 5.12. The molecule has 9 nitrogen and oxygen atoms in total. The Kier molecular flexibility index (Phi) is 5.50. The fraction of sp³-hybridized carbons (Fsp3) is 0.571. The molecule has 4 atom stereocenters. The van der Waals surface area contributed by atoms with Crippen LogP contribution in [0.1, 0.15) is 27.0 Å².